The van der Waals surface area contributed by atoms with Crippen molar-refractivity contribution in [3.63, 3.8) is 0 Å². The summed E-state index contributed by atoms with van der Waals surface area (Å²) in [5, 5.41) is 3.82. The van der Waals surface area contributed by atoms with Crippen LogP contribution >= 0.6 is 11.3 Å². The van der Waals surface area contributed by atoms with Crippen molar-refractivity contribution in [1.29, 1.82) is 0 Å². The number of thiazole rings is 1. The number of piperidine rings is 1. The fraction of sp³-hybridized carbons (Fsp3) is 0.318. The van der Waals surface area contributed by atoms with Gasteiger partial charge in [0, 0.05) is 29.7 Å². The molecule has 1 atom stereocenters. The molecule has 1 amide bonds. The molecule has 1 saturated heterocycles. The van der Waals surface area contributed by atoms with Gasteiger partial charge in [0.1, 0.15) is 11.8 Å². The Morgan fingerprint density at radius 3 is 3.10 bits per heavy atom. The van der Waals surface area contributed by atoms with E-state index in [9.17, 15) is 9.59 Å². The maximum Gasteiger partial charge on any atom is 0.250 e. The number of para-hydroxylation sites is 1. The minimum atomic E-state index is -0.329. The predicted molar refractivity (Wildman–Crippen MR) is 116 cm³/mol. The van der Waals surface area contributed by atoms with Crippen LogP contribution in [0.4, 0.5) is 5.13 Å². The van der Waals surface area contributed by atoms with Crippen LogP contribution in [0.5, 0.6) is 0 Å². The number of carbonyl (C=O) groups is 1. The molecule has 150 valence electrons. The van der Waals surface area contributed by atoms with Gasteiger partial charge >= 0.3 is 0 Å². The minimum Gasteiger partial charge on any atom is -0.463 e. The number of amides is 1. The smallest absolute Gasteiger partial charge is 0.250 e. The molecule has 1 aliphatic heterocycles. The van der Waals surface area contributed by atoms with Crippen LogP contribution in [0.3, 0.4) is 0 Å². The van der Waals surface area contributed by atoms with E-state index in [1.807, 2.05) is 12.3 Å². The average Bonchev–Trinajstić information content (AvgIpc) is 3.16. The van der Waals surface area contributed by atoms with Crippen LogP contribution in [-0.2, 0) is 11.3 Å². The lowest BCUT2D eigenvalue weighted by atomic mass is 10.0. The number of rotatable bonds is 5. The summed E-state index contributed by atoms with van der Waals surface area (Å²) in [6.45, 7) is 4.23. The molecule has 3 aromatic rings. The molecule has 1 aliphatic rings. The van der Waals surface area contributed by atoms with Crippen LogP contribution < -0.4 is 10.7 Å². The third-order valence-corrected chi connectivity index (χ3v) is 6.10. The number of carbonyl (C=O) groups excluding carboxylic acids is 1. The second-order valence-corrected chi connectivity index (χ2v) is 8.40. The first kappa shape index (κ1) is 19.5. The molecule has 1 aromatic carbocycles. The maximum atomic E-state index is 12.5. The second kappa shape index (κ2) is 8.71. The molecule has 0 radical (unpaired) electrons. The highest BCUT2D eigenvalue weighted by atomic mass is 32.1. The maximum absolute atomic E-state index is 12.5. The largest absolute Gasteiger partial charge is 0.463 e. The zero-order valence-corrected chi connectivity index (χ0v) is 17.1. The number of aromatic nitrogens is 1. The quantitative estimate of drug-likeness (QED) is 0.637. The lowest BCUT2D eigenvalue weighted by molar-refractivity contribution is -0.111. The number of benzene rings is 1. The van der Waals surface area contributed by atoms with Crippen molar-refractivity contribution in [2.24, 2.45) is 0 Å². The first-order chi connectivity index (χ1) is 14.1. The number of hydrogen-bond donors (Lipinski definition) is 1. The number of anilines is 1. The Balaban J connectivity index is 1.39. The molecule has 0 saturated carbocycles. The summed E-state index contributed by atoms with van der Waals surface area (Å²) < 4.78 is 5.46. The van der Waals surface area contributed by atoms with E-state index < -0.39 is 0 Å². The molecule has 0 spiro atoms. The summed E-state index contributed by atoms with van der Waals surface area (Å²) in [4.78, 5) is 32.6. The Morgan fingerprint density at radius 2 is 2.24 bits per heavy atom. The monoisotopic (exact) mass is 409 g/mol. The van der Waals surface area contributed by atoms with Gasteiger partial charge in [0.05, 0.1) is 10.9 Å². The van der Waals surface area contributed by atoms with E-state index in [1.54, 1.807) is 18.2 Å². The number of fused-ring (bicyclic) bond motifs is 1. The van der Waals surface area contributed by atoms with Gasteiger partial charge in [0.25, 0.3) is 0 Å². The predicted octanol–water partition coefficient (Wildman–Crippen LogP) is 4.28. The molecule has 7 heteroatoms. The van der Waals surface area contributed by atoms with Crippen LogP contribution in [0.15, 0.2) is 52.0 Å². The lowest BCUT2D eigenvalue weighted by Gasteiger charge is -2.32. The normalized spacial score (nSPS) is 17.8. The zero-order valence-electron chi connectivity index (χ0n) is 16.3. The van der Waals surface area contributed by atoms with Crippen molar-refractivity contribution in [2.45, 2.75) is 38.8 Å². The van der Waals surface area contributed by atoms with Crippen LogP contribution in [0.2, 0.25) is 0 Å². The van der Waals surface area contributed by atoms with Gasteiger partial charge in [-0.1, -0.05) is 18.6 Å². The highest BCUT2D eigenvalue weighted by Gasteiger charge is 2.19. The molecule has 3 heterocycles. The zero-order chi connectivity index (χ0) is 20.2. The van der Waals surface area contributed by atoms with E-state index in [2.05, 4.69) is 22.1 Å². The Kier molecular flexibility index (Phi) is 5.87. The van der Waals surface area contributed by atoms with Crippen molar-refractivity contribution in [1.82, 2.24) is 9.88 Å². The summed E-state index contributed by atoms with van der Waals surface area (Å²) in [5.41, 5.74) is 0.693. The summed E-state index contributed by atoms with van der Waals surface area (Å²) in [5.74, 6) is -0.329. The summed E-state index contributed by atoms with van der Waals surface area (Å²) >= 11 is 1.48. The van der Waals surface area contributed by atoms with Crippen molar-refractivity contribution >= 4 is 39.4 Å². The molecular formula is C22H23N3O3S. The van der Waals surface area contributed by atoms with Gasteiger partial charge in [-0.15, -0.1) is 11.3 Å². The number of nitrogens with zero attached hydrogens (tertiary/aromatic N) is 2. The van der Waals surface area contributed by atoms with Gasteiger partial charge in [-0.3, -0.25) is 19.8 Å². The van der Waals surface area contributed by atoms with Crippen LogP contribution in [-0.4, -0.2) is 28.4 Å². The first-order valence-electron chi connectivity index (χ1n) is 9.78. The van der Waals surface area contributed by atoms with E-state index in [-0.39, 0.29) is 11.3 Å². The average molecular weight is 410 g/mol. The Bertz CT molecular complexity index is 1100. The molecular weight excluding hydrogens is 386 g/mol. The van der Waals surface area contributed by atoms with Crippen LogP contribution in [0.25, 0.3) is 17.0 Å². The fourth-order valence-electron chi connectivity index (χ4n) is 3.55. The number of likely N-dealkylation sites (tertiary alicyclic amines) is 1. The van der Waals surface area contributed by atoms with Crippen LogP contribution in [0, 0.1) is 0 Å². The molecule has 1 N–H and O–H groups in total. The van der Waals surface area contributed by atoms with Crippen LogP contribution in [0.1, 0.15) is 36.6 Å². The highest BCUT2D eigenvalue weighted by molar-refractivity contribution is 7.15. The summed E-state index contributed by atoms with van der Waals surface area (Å²) in [6, 6.07) is 7.62. The SMILES string of the molecule is CC1CCCCN1Cc1cnc(NC(=O)/C=C/c2coc3ccccc3c2=O)s1. The molecule has 6 nitrogen and oxygen atoms in total. The summed E-state index contributed by atoms with van der Waals surface area (Å²) in [6.07, 6.45) is 9.76. The molecule has 1 fully saturated rings. The highest BCUT2D eigenvalue weighted by Crippen LogP contribution is 2.24. The number of nitrogens with one attached hydrogen (secondary N) is 1. The van der Waals surface area contributed by atoms with Crippen molar-refractivity contribution in [2.75, 3.05) is 11.9 Å². The van der Waals surface area contributed by atoms with Gasteiger partial charge < -0.3 is 4.42 Å². The molecule has 4 rings (SSSR count). The van der Waals surface area contributed by atoms with E-state index in [0.717, 1.165) is 18.0 Å². The topological polar surface area (TPSA) is 75.4 Å². The van der Waals surface area contributed by atoms with E-state index in [1.165, 1.54) is 49.0 Å². The van der Waals surface area contributed by atoms with Crippen molar-refractivity contribution in [3.05, 3.63) is 63.5 Å². The standard InChI is InChI=1S/C22H23N3O3S/c1-15-6-4-5-11-25(15)13-17-12-23-22(29-17)24-20(26)10-9-16-14-28-19-8-3-2-7-18(19)21(16)27/h2-3,7-10,12,14-15H,4-6,11,13H2,1H3,(H,23,24,26)/b10-9+. The van der Waals surface area contributed by atoms with Crippen molar-refractivity contribution < 1.29 is 9.21 Å². The first-order valence-corrected chi connectivity index (χ1v) is 10.6. The van der Waals surface area contributed by atoms with E-state index >= 15 is 0 Å². The van der Waals surface area contributed by atoms with Gasteiger partial charge in [-0.2, -0.15) is 0 Å². The Morgan fingerprint density at radius 1 is 1.38 bits per heavy atom. The fourth-order valence-corrected chi connectivity index (χ4v) is 4.39. The van der Waals surface area contributed by atoms with Gasteiger partial charge in [0.15, 0.2) is 10.6 Å². The molecule has 0 aliphatic carbocycles. The molecule has 1 unspecified atom stereocenters. The Hall–Kier alpha value is -2.77. The number of hydrogen-bond acceptors (Lipinski definition) is 6. The molecule has 29 heavy (non-hydrogen) atoms. The third kappa shape index (κ3) is 4.63. The van der Waals surface area contributed by atoms with Gasteiger partial charge in [-0.25, -0.2) is 4.98 Å². The lowest BCUT2D eigenvalue weighted by Crippen LogP contribution is -2.36. The third-order valence-electron chi connectivity index (χ3n) is 5.20. The Labute approximate surface area is 172 Å². The van der Waals surface area contributed by atoms with Gasteiger partial charge in [0.2, 0.25) is 5.91 Å². The van der Waals surface area contributed by atoms with E-state index in [0.29, 0.717) is 27.7 Å². The van der Waals surface area contributed by atoms with Crippen molar-refractivity contribution in [3.8, 4) is 0 Å². The molecule has 2 aromatic heterocycles. The van der Waals surface area contributed by atoms with E-state index in [4.69, 9.17) is 4.42 Å². The summed E-state index contributed by atoms with van der Waals surface area (Å²) in [7, 11) is 0. The minimum absolute atomic E-state index is 0.164. The van der Waals surface area contributed by atoms with Gasteiger partial charge in [-0.05, 0) is 44.5 Å². The molecule has 0 bridgehead atoms. The second-order valence-electron chi connectivity index (χ2n) is 7.29.